The van der Waals surface area contributed by atoms with Gasteiger partial charge in [-0.2, -0.15) is 10.1 Å². The number of phenols is 1. The number of hydrazone groups is 1. The van der Waals surface area contributed by atoms with Crippen molar-refractivity contribution in [2.45, 2.75) is 0 Å². The summed E-state index contributed by atoms with van der Waals surface area (Å²) in [6, 6.07) is 8.44. The summed E-state index contributed by atoms with van der Waals surface area (Å²) in [5, 5.41) is 17.1. The smallest absolute Gasteiger partial charge is 0.262 e. The second kappa shape index (κ2) is 12.7. The fraction of sp³-hybridized carbons (Fsp3) is 0.250. The Balaban J connectivity index is 1.40. The SMILES string of the molecule is COc1ccccc1NC(=O)COc1c(Br)cc(/C=N/Nc2ncc(F)c(N3CCOCC3)n2)c(O)c1Cl. The molecule has 0 spiro atoms. The lowest BCUT2D eigenvalue weighted by molar-refractivity contribution is -0.118. The number of amides is 1. The number of para-hydroxylation sites is 2. The predicted octanol–water partition coefficient (Wildman–Crippen LogP) is 4.05. The number of hydrogen-bond acceptors (Lipinski definition) is 10. The molecule has 0 unspecified atom stereocenters. The molecule has 0 atom stereocenters. The maximum Gasteiger partial charge on any atom is 0.262 e. The van der Waals surface area contributed by atoms with Crippen molar-refractivity contribution in [2.24, 2.45) is 5.10 Å². The summed E-state index contributed by atoms with van der Waals surface area (Å²) in [6.07, 6.45) is 2.34. The zero-order valence-corrected chi connectivity index (χ0v) is 22.4. The fourth-order valence-corrected chi connectivity index (χ4v) is 4.42. The van der Waals surface area contributed by atoms with Crippen molar-refractivity contribution >= 4 is 57.1 Å². The van der Waals surface area contributed by atoms with Gasteiger partial charge in [-0.3, -0.25) is 4.79 Å². The molecule has 1 aromatic heterocycles. The van der Waals surface area contributed by atoms with Gasteiger partial charge in [-0.05, 0) is 34.1 Å². The summed E-state index contributed by atoms with van der Waals surface area (Å²) in [5.41, 5.74) is 3.33. The molecule has 4 rings (SSSR count). The highest BCUT2D eigenvalue weighted by molar-refractivity contribution is 9.10. The lowest BCUT2D eigenvalue weighted by atomic mass is 10.2. The molecule has 2 heterocycles. The topological polar surface area (TPSA) is 130 Å². The third-order valence-corrected chi connectivity index (χ3v) is 6.25. The van der Waals surface area contributed by atoms with E-state index in [-0.39, 0.29) is 40.5 Å². The second-order valence-electron chi connectivity index (χ2n) is 7.81. The van der Waals surface area contributed by atoms with E-state index < -0.39 is 11.7 Å². The Morgan fingerprint density at radius 2 is 2.13 bits per heavy atom. The number of anilines is 3. The molecule has 1 amide bonds. The Morgan fingerprint density at radius 1 is 1.37 bits per heavy atom. The number of aromatic nitrogens is 2. The molecule has 1 aliphatic heterocycles. The minimum Gasteiger partial charge on any atom is -0.506 e. The third-order valence-electron chi connectivity index (χ3n) is 5.31. The van der Waals surface area contributed by atoms with E-state index >= 15 is 0 Å². The molecule has 3 aromatic rings. The number of nitrogens with one attached hydrogen (secondary N) is 2. The van der Waals surface area contributed by atoms with Crippen LogP contribution < -0.4 is 25.1 Å². The molecule has 1 saturated heterocycles. The molecule has 11 nitrogen and oxygen atoms in total. The molecule has 1 aliphatic rings. The first kappa shape index (κ1) is 27.4. The molecular weight excluding hydrogens is 587 g/mol. The number of carbonyl (C=O) groups is 1. The van der Waals surface area contributed by atoms with E-state index in [2.05, 4.69) is 41.7 Å². The molecule has 2 aromatic carbocycles. The van der Waals surface area contributed by atoms with Gasteiger partial charge in [0, 0.05) is 18.7 Å². The zero-order valence-electron chi connectivity index (χ0n) is 20.1. The number of benzene rings is 2. The monoisotopic (exact) mass is 608 g/mol. The summed E-state index contributed by atoms with van der Waals surface area (Å²) in [4.78, 5) is 22.2. The molecule has 3 N–H and O–H groups in total. The lowest BCUT2D eigenvalue weighted by Crippen LogP contribution is -2.37. The standard InChI is InChI=1S/C24H23BrClFN6O5/c1-36-18-5-3-2-4-17(18)30-19(34)13-38-22-15(25)10-14(21(35)20(22)26)11-29-32-24-28-12-16(27)23(31-24)33-6-8-37-9-7-33/h2-5,10-12,35H,6-9,13H2,1H3,(H,30,34)(H,28,31,32)/b29-11+. The second-order valence-corrected chi connectivity index (χ2v) is 9.04. The van der Waals surface area contributed by atoms with Crippen LogP contribution in [0.1, 0.15) is 5.56 Å². The van der Waals surface area contributed by atoms with Crippen molar-refractivity contribution in [3.05, 3.63) is 57.4 Å². The van der Waals surface area contributed by atoms with Crippen LogP contribution >= 0.6 is 27.5 Å². The maximum absolute atomic E-state index is 14.2. The number of nitrogens with zero attached hydrogens (tertiary/aromatic N) is 4. The van der Waals surface area contributed by atoms with Crippen LogP contribution in [0.2, 0.25) is 5.02 Å². The number of rotatable bonds is 9. The zero-order chi connectivity index (χ0) is 27.1. The van der Waals surface area contributed by atoms with Gasteiger partial charge in [-0.25, -0.2) is 14.8 Å². The highest BCUT2D eigenvalue weighted by atomic mass is 79.9. The van der Waals surface area contributed by atoms with Gasteiger partial charge >= 0.3 is 0 Å². The van der Waals surface area contributed by atoms with E-state index in [1.54, 1.807) is 29.2 Å². The molecule has 1 fully saturated rings. The number of morpholine rings is 1. The van der Waals surface area contributed by atoms with Gasteiger partial charge in [0.15, 0.2) is 24.0 Å². The quantitative estimate of drug-likeness (QED) is 0.243. The Kier molecular flexibility index (Phi) is 9.15. The van der Waals surface area contributed by atoms with E-state index in [0.717, 1.165) is 6.20 Å². The van der Waals surface area contributed by atoms with Crippen LogP contribution in [0.5, 0.6) is 17.2 Å². The van der Waals surface area contributed by atoms with Crippen LogP contribution in [0, 0.1) is 5.82 Å². The molecule has 0 bridgehead atoms. The highest BCUT2D eigenvalue weighted by Gasteiger charge is 2.19. The number of aromatic hydroxyl groups is 1. The van der Waals surface area contributed by atoms with Crippen molar-refractivity contribution in [1.82, 2.24) is 9.97 Å². The average Bonchev–Trinajstić information content (AvgIpc) is 2.93. The van der Waals surface area contributed by atoms with Crippen LogP contribution in [0.3, 0.4) is 0 Å². The number of hydrogen-bond donors (Lipinski definition) is 3. The molecular formula is C24H23BrClFN6O5. The Bertz CT molecular complexity index is 1340. The molecule has 0 aliphatic carbocycles. The normalized spacial score (nSPS) is 13.4. The van der Waals surface area contributed by atoms with Crippen LogP contribution in [-0.2, 0) is 9.53 Å². The van der Waals surface area contributed by atoms with Gasteiger partial charge in [0.05, 0.1) is 42.9 Å². The first-order valence-corrected chi connectivity index (χ1v) is 12.5. The first-order chi connectivity index (χ1) is 18.4. The summed E-state index contributed by atoms with van der Waals surface area (Å²) in [5.74, 6) is -0.556. The number of halogens is 3. The van der Waals surface area contributed by atoms with Crippen molar-refractivity contribution in [3.63, 3.8) is 0 Å². The first-order valence-electron chi connectivity index (χ1n) is 11.3. The Labute approximate surface area is 230 Å². The minimum atomic E-state index is -0.554. The molecule has 0 saturated carbocycles. The van der Waals surface area contributed by atoms with E-state index in [1.165, 1.54) is 19.4 Å². The average molecular weight is 610 g/mol. The van der Waals surface area contributed by atoms with Crippen LogP contribution in [-0.4, -0.2) is 67.2 Å². The van der Waals surface area contributed by atoms with Gasteiger partial charge < -0.3 is 29.5 Å². The number of carbonyl (C=O) groups excluding carboxylic acids is 1. The lowest BCUT2D eigenvalue weighted by Gasteiger charge is -2.27. The Morgan fingerprint density at radius 3 is 2.89 bits per heavy atom. The van der Waals surface area contributed by atoms with E-state index in [9.17, 15) is 14.3 Å². The Hall–Kier alpha value is -3.68. The summed E-state index contributed by atoms with van der Waals surface area (Å²) in [6.45, 7) is 1.59. The van der Waals surface area contributed by atoms with E-state index in [0.29, 0.717) is 42.2 Å². The summed E-state index contributed by atoms with van der Waals surface area (Å²) >= 11 is 9.63. The maximum atomic E-state index is 14.2. The van der Waals surface area contributed by atoms with Crippen molar-refractivity contribution in [1.29, 1.82) is 0 Å². The van der Waals surface area contributed by atoms with E-state index in [1.807, 2.05) is 0 Å². The number of ether oxygens (including phenoxy) is 3. The number of phenolic OH excluding ortho intramolecular Hbond substituents is 1. The van der Waals surface area contributed by atoms with E-state index in [4.69, 9.17) is 25.8 Å². The van der Waals surface area contributed by atoms with Gasteiger partial charge in [-0.1, -0.05) is 23.7 Å². The minimum absolute atomic E-state index is 0.0646. The predicted molar refractivity (Wildman–Crippen MR) is 144 cm³/mol. The molecule has 38 heavy (non-hydrogen) atoms. The molecule has 14 heteroatoms. The largest absolute Gasteiger partial charge is 0.506 e. The van der Waals surface area contributed by atoms with Crippen molar-refractivity contribution < 1.29 is 28.5 Å². The van der Waals surface area contributed by atoms with Crippen molar-refractivity contribution in [2.75, 3.05) is 55.7 Å². The van der Waals surface area contributed by atoms with Crippen LogP contribution in [0.15, 0.2) is 46.1 Å². The van der Waals surface area contributed by atoms with Gasteiger partial charge in [0.2, 0.25) is 5.95 Å². The van der Waals surface area contributed by atoms with Crippen molar-refractivity contribution in [3.8, 4) is 17.2 Å². The summed E-state index contributed by atoms with van der Waals surface area (Å²) < 4.78 is 30.6. The van der Waals surface area contributed by atoms with Crippen LogP contribution in [0.4, 0.5) is 21.8 Å². The van der Waals surface area contributed by atoms with Gasteiger partial charge in [0.25, 0.3) is 5.91 Å². The summed E-state index contributed by atoms with van der Waals surface area (Å²) in [7, 11) is 1.50. The molecule has 200 valence electrons. The van der Waals surface area contributed by atoms with Gasteiger partial charge in [-0.15, -0.1) is 0 Å². The highest BCUT2D eigenvalue weighted by Crippen LogP contribution is 2.41. The third kappa shape index (κ3) is 6.60. The molecule has 0 radical (unpaired) electrons. The van der Waals surface area contributed by atoms with Gasteiger partial charge in [0.1, 0.15) is 16.5 Å². The number of methoxy groups -OCH3 is 1. The van der Waals surface area contributed by atoms with Crippen LogP contribution in [0.25, 0.3) is 0 Å². The fourth-order valence-electron chi connectivity index (χ4n) is 3.48.